The second-order valence-corrected chi connectivity index (χ2v) is 8.37. The Morgan fingerprint density at radius 3 is 2.43 bits per heavy atom. The highest BCUT2D eigenvalue weighted by Gasteiger charge is 2.28. The van der Waals surface area contributed by atoms with Gasteiger partial charge in [0.1, 0.15) is 0 Å². The number of imidazole rings is 1. The van der Waals surface area contributed by atoms with Gasteiger partial charge in [0.05, 0.1) is 0 Å². The van der Waals surface area contributed by atoms with Gasteiger partial charge in [-0.1, -0.05) is 50.6 Å². The Labute approximate surface area is 180 Å². The molecular weight excluding hydrogens is 402 g/mol. The minimum absolute atomic E-state index is 0.238. The smallest absolute Gasteiger partial charge is 0.310 e. The van der Waals surface area contributed by atoms with Crippen molar-refractivity contribution >= 4 is 34.4 Å². The van der Waals surface area contributed by atoms with Gasteiger partial charge in [0.25, 0.3) is 5.56 Å². The summed E-state index contributed by atoms with van der Waals surface area (Å²) < 4.78 is 4.81. The molecule has 0 fully saturated rings. The minimum Gasteiger partial charge on any atom is -0.310 e. The lowest BCUT2D eigenvalue weighted by Gasteiger charge is -2.15. The predicted octanol–water partition coefficient (Wildman–Crippen LogP) is 4.06. The van der Waals surface area contributed by atoms with Crippen LogP contribution in [-0.2, 0) is 20.1 Å². The Morgan fingerprint density at radius 2 is 1.70 bits per heavy atom. The molecule has 0 bridgehead atoms. The van der Waals surface area contributed by atoms with E-state index in [-0.39, 0.29) is 11.2 Å². The van der Waals surface area contributed by atoms with Crippen LogP contribution in [-0.4, -0.2) is 25.2 Å². The van der Waals surface area contributed by atoms with Gasteiger partial charge in [-0.3, -0.25) is 13.9 Å². The molecule has 2 aromatic heterocycles. The fraction of sp³-hybridized carbons (Fsp3) is 0.500. The highest BCUT2D eigenvalue weighted by Crippen LogP contribution is 2.32. The van der Waals surface area contributed by atoms with Crippen LogP contribution in [0, 0.1) is 0 Å². The first-order valence-corrected chi connectivity index (χ1v) is 11.1. The molecule has 0 atom stereocenters. The Kier molecular flexibility index (Phi) is 5.99. The number of hydrogen-bond acceptors (Lipinski definition) is 4. The lowest BCUT2D eigenvalue weighted by Crippen LogP contribution is -2.39. The molecule has 0 saturated heterocycles. The molecular formula is C22H28ClN5O2. The molecule has 1 aromatic carbocycles. The maximum absolute atomic E-state index is 13.2. The Balaban J connectivity index is 1.67. The summed E-state index contributed by atoms with van der Waals surface area (Å²) in [6.45, 7) is 4.02. The molecule has 1 aliphatic rings. The van der Waals surface area contributed by atoms with Crippen molar-refractivity contribution in [2.45, 2.75) is 58.5 Å². The first kappa shape index (κ1) is 20.7. The zero-order chi connectivity index (χ0) is 21.3. The van der Waals surface area contributed by atoms with Crippen molar-refractivity contribution in [1.29, 1.82) is 0 Å². The van der Waals surface area contributed by atoms with Gasteiger partial charge in [0.2, 0.25) is 5.95 Å². The van der Waals surface area contributed by atoms with Crippen LogP contribution in [0.1, 0.15) is 45.4 Å². The number of aromatic nitrogens is 4. The van der Waals surface area contributed by atoms with E-state index in [1.807, 2.05) is 28.8 Å². The summed E-state index contributed by atoms with van der Waals surface area (Å²) in [5.41, 5.74) is 1.38. The largest absolute Gasteiger partial charge is 0.332 e. The zero-order valence-electron chi connectivity index (χ0n) is 17.6. The monoisotopic (exact) mass is 429 g/mol. The van der Waals surface area contributed by atoms with Gasteiger partial charge < -0.3 is 9.47 Å². The summed E-state index contributed by atoms with van der Waals surface area (Å²) in [5, 5.41) is 0.673. The summed E-state index contributed by atoms with van der Waals surface area (Å²) >= 11 is 6.01. The number of hydrogen-bond donors (Lipinski definition) is 0. The van der Waals surface area contributed by atoms with E-state index in [1.165, 1.54) is 28.4 Å². The van der Waals surface area contributed by atoms with Crippen molar-refractivity contribution < 1.29 is 0 Å². The van der Waals surface area contributed by atoms with Gasteiger partial charge in [-0.25, -0.2) is 4.79 Å². The molecule has 0 unspecified atom stereocenters. The molecule has 4 rings (SSSR count). The molecule has 0 saturated carbocycles. The summed E-state index contributed by atoms with van der Waals surface area (Å²) in [7, 11) is 1.69. The van der Waals surface area contributed by atoms with E-state index in [0.717, 1.165) is 31.5 Å². The van der Waals surface area contributed by atoms with Crippen molar-refractivity contribution in [3.05, 3.63) is 50.1 Å². The van der Waals surface area contributed by atoms with Crippen molar-refractivity contribution in [3.8, 4) is 0 Å². The van der Waals surface area contributed by atoms with Crippen LogP contribution in [0.5, 0.6) is 0 Å². The number of halogens is 1. The maximum Gasteiger partial charge on any atom is 0.332 e. The topological polar surface area (TPSA) is 65.1 Å². The summed E-state index contributed by atoms with van der Waals surface area (Å²) in [6.07, 6.45) is 6.66. The number of aryl methyl sites for hydroxylation is 1. The van der Waals surface area contributed by atoms with Crippen LogP contribution in [0.4, 0.5) is 11.6 Å². The second-order valence-electron chi connectivity index (χ2n) is 7.93. The molecule has 0 spiro atoms. The molecule has 1 aliphatic heterocycles. The number of nitrogens with zero attached hydrogens (tertiary/aromatic N) is 5. The molecule has 3 heterocycles. The van der Waals surface area contributed by atoms with E-state index in [1.54, 1.807) is 7.05 Å². The Hall–Kier alpha value is -2.54. The molecule has 7 nitrogen and oxygen atoms in total. The van der Waals surface area contributed by atoms with Crippen LogP contribution in [0.2, 0.25) is 5.02 Å². The van der Waals surface area contributed by atoms with Crippen molar-refractivity contribution in [3.63, 3.8) is 0 Å². The molecule has 30 heavy (non-hydrogen) atoms. The normalized spacial score (nSPS) is 13.4. The number of benzene rings is 1. The van der Waals surface area contributed by atoms with Gasteiger partial charge >= 0.3 is 5.69 Å². The lowest BCUT2D eigenvalue weighted by atomic mass is 10.1. The zero-order valence-corrected chi connectivity index (χ0v) is 18.4. The van der Waals surface area contributed by atoms with E-state index in [0.29, 0.717) is 35.2 Å². The standard InChI is InChI=1S/C22H28ClN5O2/c1-3-4-5-6-7-8-13-28-20(29)18-19(25(2)22(28)30)24-21-26(14-15-27(18)21)17-11-9-16(23)10-12-17/h9-12H,3-8,13-15H2,1-2H3. The van der Waals surface area contributed by atoms with Gasteiger partial charge in [0.15, 0.2) is 11.2 Å². The summed E-state index contributed by atoms with van der Waals surface area (Å²) in [5.74, 6) is 0.691. The van der Waals surface area contributed by atoms with Gasteiger partial charge in [-0.2, -0.15) is 4.98 Å². The molecule has 8 heteroatoms. The van der Waals surface area contributed by atoms with E-state index in [9.17, 15) is 9.59 Å². The van der Waals surface area contributed by atoms with Crippen molar-refractivity contribution in [1.82, 2.24) is 18.7 Å². The highest BCUT2D eigenvalue weighted by atomic mass is 35.5. The molecule has 160 valence electrons. The number of rotatable bonds is 8. The Bertz CT molecular complexity index is 1160. The van der Waals surface area contributed by atoms with Gasteiger partial charge in [-0.05, 0) is 30.7 Å². The number of fused-ring (bicyclic) bond motifs is 3. The minimum atomic E-state index is -0.295. The molecule has 3 aromatic rings. The van der Waals surface area contributed by atoms with Crippen LogP contribution in [0.25, 0.3) is 11.2 Å². The first-order valence-electron chi connectivity index (χ1n) is 10.8. The first-order chi connectivity index (χ1) is 14.5. The van der Waals surface area contributed by atoms with E-state index in [4.69, 9.17) is 11.6 Å². The fourth-order valence-corrected chi connectivity index (χ4v) is 4.32. The van der Waals surface area contributed by atoms with Crippen molar-refractivity contribution in [2.75, 3.05) is 11.4 Å². The van der Waals surface area contributed by atoms with Crippen LogP contribution < -0.4 is 16.1 Å². The molecule has 0 radical (unpaired) electrons. The Morgan fingerprint density at radius 1 is 1.00 bits per heavy atom. The van der Waals surface area contributed by atoms with Crippen LogP contribution in [0.3, 0.4) is 0 Å². The third-order valence-corrected chi connectivity index (χ3v) is 6.13. The summed E-state index contributed by atoms with van der Waals surface area (Å²) in [6, 6.07) is 7.55. The predicted molar refractivity (Wildman–Crippen MR) is 121 cm³/mol. The molecule has 0 amide bonds. The second kappa shape index (κ2) is 8.68. The summed E-state index contributed by atoms with van der Waals surface area (Å²) in [4.78, 5) is 32.8. The maximum atomic E-state index is 13.2. The van der Waals surface area contributed by atoms with Gasteiger partial charge in [-0.15, -0.1) is 0 Å². The van der Waals surface area contributed by atoms with E-state index in [2.05, 4.69) is 16.8 Å². The number of unbranched alkanes of at least 4 members (excludes halogenated alkanes) is 5. The van der Waals surface area contributed by atoms with Crippen molar-refractivity contribution in [2.24, 2.45) is 7.05 Å². The molecule has 0 aliphatic carbocycles. The third kappa shape index (κ3) is 3.67. The van der Waals surface area contributed by atoms with Gasteiger partial charge in [0, 0.05) is 37.4 Å². The quantitative estimate of drug-likeness (QED) is 0.506. The van der Waals surface area contributed by atoms with E-state index >= 15 is 0 Å². The number of anilines is 2. The van der Waals surface area contributed by atoms with Crippen LogP contribution >= 0.6 is 11.6 Å². The highest BCUT2D eigenvalue weighted by molar-refractivity contribution is 6.30. The molecule has 0 N–H and O–H groups in total. The average Bonchev–Trinajstić information content (AvgIpc) is 3.31. The SMILES string of the molecule is CCCCCCCCn1c(=O)c2c(nc3n2CCN3c2ccc(Cl)cc2)n(C)c1=O. The van der Waals surface area contributed by atoms with Crippen LogP contribution in [0.15, 0.2) is 33.9 Å². The lowest BCUT2D eigenvalue weighted by molar-refractivity contribution is 0.526. The average molecular weight is 430 g/mol. The fourth-order valence-electron chi connectivity index (χ4n) is 4.19. The van der Waals surface area contributed by atoms with E-state index < -0.39 is 0 Å². The third-order valence-electron chi connectivity index (χ3n) is 5.87.